The fraction of sp³-hybridized carbons (Fsp3) is 0.300. The maximum Gasteiger partial charge on any atom is 0.223 e. The Balaban J connectivity index is 1.60. The molecule has 0 unspecified atom stereocenters. The fourth-order valence-corrected chi connectivity index (χ4v) is 3.24. The van der Waals surface area contributed by atoms with E-state index in [4.69, 9.17) is 6.42 Å². The lowest BCUT2D eigenvalue weighted by Crippen LogP contribution is -2.28. The van der Waals surface area contributed by atoms with Crippen molar-refractivity contribution in [1.82, 2.24) is 19.9 Å². The average Bonchev–Trinajstić information content (AvgIpc) is 2.70. The SMILES string of the molecule is C#Cc1cccc(Nc2ncnc3cnc(N[C@H]4CC[C@@H](O)CC4)nc23)c1. The molecule has 27 heavy (non-hydrogen) atoms. The Bertz CT molecular complexity index is 991. The normalized spacial score (nSPS) is 19.4. The number of aliphatic hydroxyl groups is 1. The fourth-order valence-electron chi connectivity index (χ4n) is 3.24. The third-order valence-electron chi connectivity index (χ3n) is 4.70. The van der Waals surface area contributed by atoms with Crippen LogP contribution in [0.2, 0.25) is 0 Å². The molecule has 0 aliphatic heterocycles. The highest BCUT2D eigenvalue weighted by atomic mass is 16.3. The number of rotatable bonds is 4. The second kappa shape index (κ2) is 7.56. The molecule has 3 aromatic rings. The molecule has 1 aliphatic rings. The Morgan fingerprint density at radius 1 is 1.11 bits per heavy atom. The van der Waals surface area contributed by atoms with Gasteiger partial charge in [-0.1, -0.05) is 12.0 Å². The first-order valence-electron chi connectivity index (χ1n) is 8.97. The van der Waals surface area contributed by atoms with Gasteiger partial charge in [0, 0.05) is 17.3 Å². The van der Waals surface area contributed by atoms with Gasteiger partial charge < -0.3 is 15.7 Å². The molecule has 136 valence electrons. The summed E-state index contributed by atoms with van der Waals surface area (Å²) in [6, 6.07) is 7.82. The van der Waals surface area contributed by atoms with E-state index in [0.717, 1.165) is 36.9 Å². The molecule has 3 N–H and O–H groups in total. The Hall–Kier alpha value is -3.24. The van der Waals surface area contributed by atoms with Gasteiger partial charge in [0.2, 0.25) is 5.95 Å². The van der Waals surface area contributed by atoms with Crippen LogP contribution in [0.3, 0.4) is 0 Å². The van der Waals surface area contributed by atoms with E-state index in [9.17, 15) is 5.11 Å². The summed E-state index contributed by atoms with van der Waals surface area (Å²) < 4.78 is 0. The van der Waals surface area contributed by atoms with E-state index in [1.807, 2.05) is 24.3 Å². The zero-order valence-electron chi connectivity index (χ0n) is 14.8. The number of hydrogen-bond acceptors (Lipinski definition) is 7. The van der Waals surface area contributed by atoms with E-state index < -0.39 is 0 Å². The summed E-state index contributed by atoms with van der Waals surface area (Å²) in [4.78, 5) is 17.6. The summed E-state index contributed by atoms with van der Waals surface area (Å²) in [5.41, 5.74) is 2.91. The number of benzene rings is 1. The van der Waals surface area contributed by atoms with Crippen molar-refractivity contribution in [3.05, 3.63) is 42.4 Å². The van der Waals surface area contributed by atoms with Crippen LogP contribution in [0.5, 0.6) is 0 Å². The van der Waals surface area contributed by atoms with Crippen LogP contribution >= 0.6 is 0 Å². The van der Waals surface area contributed by atoms with E-state index in [-0.39, 0.29) is 12.1 Å². The third-order valence-corrected chi connectivity index (χ3v) is 4.70. The molecule has 7 nitrogen and oxygen atoms in total. The summed E-state index contributed by atoms with van der Waals surface area (Å²) >= 11 is 0. The van der Waals surface area contributed by atoms with Crippen molar-refractivity contribution in [2.75, 3.05) is 10.6 Å². The first kappa shape index (κ1) is 17.2. The number of aliphatic hydroxyl groups excluding tert-OH is 1. The number of aromatic nitrogens is 4. The maximum absolute atomic E-state index is 9.65. The van der Waals surface area contributed by atoms with E-state index in [0.29, 0.717) is 22.8 Å². The summed E-state index contributed by atoms with van der Waals surface area (Å²) in [6.07, 6.45) is 11.8. The minimum Gasteiger partial charge on any atom is -0.393 e. The molecule has 7 heteroatoms. The van der Waals surface area contributed by atoms with Crippen LogP contribution in [-0.4, -0.2) is 37.2 Å². The number of nitrogens with zero attached hydrogens (tertiary/aromatic N) is 4. The van der Waals surface area contributed by atoms with Crippen LogP contribution in [0.1, 0.15) is 31.2 Å². The molecule has 0 atom stereocenters. The van der Waals surface area contributed by atoms with Gasteiger partial charge in [0.1, 0.15) is 17.4 Å². The minimum atomic E-state index is -0.191. The van der Waals surface area contributed by atoms with Crippen molar-refractivity contribution < 1.29 is 5.11 Å². The van der Waals surface area contributed by atoms with E-state index in [1.165, 1.54) is 6.33 Å². The molecule has 1 saturated carbocycles. The Morgan fingerprint density at radius 3 is 2.78 bits per heavy atom. The minimum absolute atomic E-state index is 0.191. The van der Waals surface area contributed by atoms with Crippen molar-refractivity contribution in [3.63, 3.8) is 0 Å². The highest BCUT2D eigenvalue weighted by Crippen LogP contribution is 2.24. The van der Waals surface area contributed by atoms with Gasteiger partial charge in [-0.05, 0) is 43.9 Å². The number of terminal acetylenes is 1. The zero-order valence-corrected chi connectivity index (χ0v) is 14.8. The molecule has 0 spiro atoms. The molecular formula is C20H20N6O. The van der Waals surface area contributed by atoms with Crippen LogP contribution in [0, 0.1) is 12.3 Å². The first-order valence-corrected chi connectivity index (χ1v) is 8.97. The van der Waals surface area contributed by atoms with Gasteiger partial charge in [-0.2, -0.15) is 0 Å². The second-order valence-electron chi connectivity index (χ2n) is 6.65. The average molecular weight is 360 g/mol. The van der Waals surface area contributed by atoms with Gasteiger partial charge in [0.05, 0.1) is 12.3 Å². The van der Waals surface area contributed by atoms with Crippen LogP contribution in [0.15, 0.2) is 36.8 Å². The smallest absolute Gasteiger partial charge is 0.223 e. The van der Waals surface area contributed by atoms with Crippen LogP contribution in [0.25, 0.3) is 11.0 Å². The predicted octanol–water partition coefficient (Wildman–Crippen LogP) is 2.86. The molecule has 0 radical (unpaired) electrons. The van der Waals surface area contributed by atoms with Crippen molar-refractivity contribution in [3.8, 4) is 12.3 Å². The molecule has 2 heterocycles. The number of anilines is 3. The second-order valence-corrected chi connectivity index (χ2v) is 6.65. The van der Waals surface area contributed by atoms with Gasteiger partial charge in [-0.3, -0.25) is 0 Å². The van der Waals surface area contributed by atoms with Gasteiger partial charge >= 0.3 is 0 Å². The Morgan fingerprint density at radius 2 is 1.96 bits per heavy atom. The van der Waals surface area contributed by atoms with Crippen molar-refractivity contribution in [1.29, 1.82) is 0 Å². The van der Waals surface area contributed by atoms with Crippen molar-refractivity contribution >= 4 is 28.5 Å². The molecule has 1 aliphatic carbocycles. The quantitative estimate of drug-likeness (QED) is 0.616. The lowest BCUT2D eigenvalue weighted by molar-refractivity contribution is 0.126. The molecular weight excluding hydrogens is 340 g/mol. The molecule has 4 rings (SSSR count). The van der Waals surface area contributed by atoms with Crippen LogP contribution < -0.4 is 10.6 Å². The lowest BCUT2D eigenvalue weighted by atomic mass is 9.93. The van der Waals surface area contributed by atoms with E-state index >= 15 is 0 Å². The summed E-state index contributed by atoms with van der Waals surface area (Å²) in [5.74, 6) is 3.76. The summed E-state index contributed by atoms with van der Waals surface area (Å²) in [6.45, 7) is 0. The zero-order chi connectivity index (χ0) is 18.6. The summed E-state index contributed by atoms with van der Waals surface area (Å²) in [7, 11) is 0. The monoisotopic (exact) mass is 360 g/mol. The van der Waals surface area contributed by atoms with Gasteiger partial charge in [0.15, 0.2) is 5.82 Å². The number of hydrogen-bond donors (Lipinski definition) is 3. The summed E-state index contributed by atoms with van der Waals surface area (Å²) in [5, 5.41) is 16.3. The number of nitrogens with one attached hydrogen (secondary N) is 2. The van der Waals surface area contributed by atoms with E-state index in [2.05, 4.69) is 36.5 Å². The van der Waals surface area contributed by atoms with Crippen LogP contribution in [0.4, 0.5) is 17.5 Å². The van der Waals surface area contributed by atoms with Crippen LogP contribution in [-0.2, 0) is 0 Å². The topological polar surface area (TPSA) is 95.9 Å². The molecule has 0 saturated heterocycles. The lowest BCUT2D eigenvalue weighted by Gasteiger charge is -2.26. The first-order chi connectivity index (χ1) is 13.2. The molecule has 1 aromatic carbocycles. The van der Waals surface area contributed by atoms with E-state index in [1.54, 1.807) is 6.20 Å². The highest BCUT2D eigenvalue weighted by Gasteiger charge is 2.20. The predicted molar refractivity (Wildman–Crippen MR) is 105 cm³/mol. The van der Waals surface area contributed by atoms with Crippen molar-refractivity contribution in [2.24, 2.45) is 0 Å². The largest absolute Gasteiger partial charge is 0.393 e. The Labute approximate surface area is 157 Å². The number of fused-ring (bicyclic) bond motifs is 1. The Kier molecular flexibility index (Phi) is 4.81. The van der Waals surface area contributed by atoms with Gasteiger partial charge in [-0.15, -0.1) is 6.42 Å². The maximum atomic E-state index is 9.65. The van der Waals surface area contributed by atoms with Crippen molar-refractivity contribution in [2.45, 2.75) is 37.8 Å². The van der Waals surface area contributed by atoms with Gasteiger partial charge in [0.25, 0.3) is 0 Å². The standard InChI is InChI=1S/C20H20N6O/c1-2-13-4-3-5-15(10-13)24-19-18-17(22-12-23-19)11-21-20(26-18)25-14-6-8-16(27)9-7-14/h1,3-5,10-12,14,16,27H,6-9H2,(H,21,25,26)(H,22,23,24)/t14-,16+. The third kappa shape index (κ3) is 3.96. The molecule has 0 bridgehead atoms. The highest BCUT2D eigenvalue weighted by molar-refractivity contribution is 5.87. The molecule has 2 aromatic heterocycles. The molecule has 0 amide bonds. The molecule has 1 fully saturated rings. The van der Waals surface area contributed by atoms with Gasteiger partial charge in [-0.25, -0.2) is 19.9 Å².